The second kappa shape index (κ2) is 8.39. The first-order valence-electron chi connectivity index (χ1n) is 9.37. The predicted molar refractivity (Wildman–Crippen MR) is 112 cm³/mol. The summed E-state index contributed by atoms with van der Waals surface area (Å²) in [5, 5.41) is -0.0880. The van der Waals surface area contributed by atoms with Gasteiger partial charge in [0.1, 0.15) is 11.6 Å². The van der Waals surface area contributed by atoms with Crippen LogP contribution >= 0.6 is 11.8 Å². The Balaban J connectivity index is 1.60. The van der Waals surface area contributed by atoms with Gasteiger partial charge in [-0.1, -0.05) is 23.9 Å². The van der Waals surface area contributed by atoms with Gasteiger partial charge in [-0.2, -0.15) is 4.99 Å². The van der Waals surface area contributed by atoms with Gasteiger partial charge in [-0.25, -0.2) is 12.8 Å². The molecule has 0 spiro atoms. The summed E-state index contributed by atoms with van der Waals surface area (Å²) >= 11 is 1.15. The molecule has 2 fully saturated rings. The fourth-order valence-corrected chi connectivity index (χ4v) is 7.53. The van der Waals surface area contributed by atoms with E-state index in [2.05, 4.69) is 9.73 Å². The second-order valence-corrected chi connectivity index (χ2v) is 10.7. The summed E-state index contributed by atoms with van der Waals surface area (Å²) in [6.45, 7) is 0. The molecule has 0 radical (unpaired) electrons. The minimum Gasteiger partial charge on any atom is -0.406 e. The van der Waals surface area contributed by atoms with E-state index in [1.54, 1.807) is 4.90 Å². The Morgan fingerprint density at radius 3 is 2.38 bits per heavy atom. The van der Waals surface area contributed by atoms with Crippen molar-refractivity contribution in [1.82, 2.24) is 0 Å². The van der Waals surface area contributed by atoms with Gasteiger partial charge in [-0.05, 0) is 42.0 Å². The molecule has 2 aromatic carbocycles. The number of benzene rings is 2. The van der Waals surface area contributed by atoms with Crippen LogP contribution in [-0.2, 0) is 21.1 Å². The normalized spacial score (nSPS) is 23.4. The van der Waals surface area contributed by atoms with Crippen LogP contribution in [0.2, 0.25) is 0 Å². The van der Waals surface area contributed by atoms with E-state index < -0.39 is 39.7 Å². The van der Waals surface area contributed by atoms with Gasteiger partial charge in [-0.15, -0.1) is 13.2 Å². The maximum Gasteiger partial charge on any atom is 0.573 e. The highest BCUT2D eigenvalue weighted by Crippen LogP contribution is 2.41. The summed E-state index contributed by atoms with van der Waals surface area (Å²) in [5.74, 6) is -1.61. The van der Waals surface area contributed by atoms with Crippen molar-refractivity contribution in [2.75, 3.05) is 16.4 Å². The molecule has 2 saturated heterocycles. The van der Waals surface area contributed by atoms with Crippen molar-refractivity contribution >= 4 is 38.4 Å². The zero-order valence-corrected chi connectivity index (χ0v) is 17.9. The van der Waals surface area contributed by atoms with Gasteiger partial charge < -0.3 is 9.64 Å². The molecule has 4 rings (SSSR count). The monoisotopic (exact) mass is 488 g/mol. The van der Waals surface area contributed by atoms with E-state index in [0.717, 1.165) is 23.9 Å². The second-order valence-electron chi connectivity index (χ2n) is 7.30. The summed E-state index contributed by atoms with van der Waals surface area (Å²) in [6, 6.07) is 9.82. The molecule has 0 unspecified atom stereocenters. The summed E-state index contributed by atoms with van der Waals surface area (Å²) in [4.78, 5) is 18.2. The molecule has 0 bridgehead atoms. The van der Waals surface area contributed by atoms with E-state index in [-0.39, 0.29) is 28.3 Å². The number of thioether (sulfide) groups is 1. The van der Waals surface area contributed by atoms with Crippen molar-refractivity contribution in [2.24, 2.45) is 4.99 Å². The standard InChI is InChI=1S/C20H16F4N2O4S2/c21-13-3-1-12(2-4-13)9-18(27)25-19-26(16-10-32(28,29)11-17(16)31-19)14-5-7-15(8-6-14)30-20(22,23)24/h1-8,16-17H,9-11H2/t16-,17+/m0/s1. The molecule has 2 aromatic rings. The Kier molecular flexibility index (Phi) is 5.93. The SMILES string of the molecule is O=C(Cc1ccc(F)cc1)N=C1S[C@@H]2CS(=O)(=O)C[C@@H]2N1c1ccc(OC(F)(F)F)cc1. The van der Waals surface area contributed by atoms with Crippen LogP contribution in [0.4, 0.5) is 23.2 Å². The number of nitrogens with zero attached hydrogens (tertiary/aromatic N) is 2. The Morgan fingerprint density at radius 1 is 1.09 bits per heavy atom. The molecule has 2 aliphatic heterocycles. The van der Waals surface area contributed by atoms with Gasteiger partial charge >= 0.3 is 6.36 Å². The van der Waals surface area contributed by atoms with Crippen molar-refractivity contribution in [3.05, 3.63) is 59.9 Å². The molecule has 32 heavy (non-hydrogen) atoms. The summed E-state index contributed by atoms with van der Waals surface area (Å²) in [5.41, 5.74) is 0.955. The third-order valence-corrected chi connectivity index (χ3v) is 8.11. The maximum atomic E-state index is 13.1. The Hall–Kier alpha value is -2.60. The predicted octanol–water partition coefficient (Wildman–Crippen LogP) is 3.57. The molecule has 6 nitrogen and oxygen atoms in total. The van der Waals surface area contributed by atoms with E-state index in [0.29, 0.717) is 11.3 Å². The maximum absolute atomic E-state index is 13.1. The molecule has 2 atom stereocenters. The average Bonchev–Trinajstić information content (AvgIpc) is 3.14. The highest BCUT2D eigenvalue weighted by atomic mass is 32.2. The molecular weight excluding hydrogens is 472 g/mol. The van der Waals surface area contributed by atoms with Crippen LogP contribution < -0.4 is 9.64 Å². The molecule has 0 saturated carbocycles. The lowest BCUT2D eigenvalue weighted by Crippen LogP contribution is -2.37. The van der Waals surface area contributed by atoms with Gasteiger partial charge in [0.05, 0.1) is 24.0 Å². The molecule has 2 aliphatic rings. The van der Waals surface area contributed by atoms with Crippen LogP contribution in [0.1, 0.15) is 5.56 Å². The molecule has 1 amide bonds. The van der Waals surface area contributed by atoms with Crippen LogP contribution in [-0.4, -0.2) is 48.7 Å². The van der Waals surface area contributed by atoms with Gasteiger partial charge in [0.25, 0.3) is 5.91 Å². The number of sulfone groups is 1. The first-order chi connectivity index (χ1) is 15.0. The van der Waals surface area contributed by atoms with Crippen molar-refractivity contribution < 1.29 is 35.5 Å². The molecule has 12 heteroatoms. The van der Waals surface area contributed by atoms with Gasteiger partial charge in [0, 0.05) is 10.9 Å². The Labute approximate surface area is 185 Å². The summed E-state index contributed by atoms with van der Waals surface area (Å²) in [6.07, 6.45) is -4.92. The largest absolute Gasteiger partial charge is 0.573 e. The third-order valence-electron chi connectivity index (χ3n) is 4.90. The zero-order valence-electron chi connectivity index (χ0n) is 16.3. The Morgan fingerprint density at radius 2 is 1.75 bits per heavy atom. The first-order valence-corrected chi connectivity index (χ1v) is 12.1. The summed E-state index contributed by atoms with van der Waals surface area (Å²) in [7, 11) is -3.29. The minimum atomic E-state index is -4.84. The molecule has 0 aromatic heterocycles. The molecular formula is C20H16F4N2O4S2. The van der Waals surface area contributed by atoms with E-state index in [9.17, 15) is 30.8 Å². The molecule has 2 heterocycles. The third kappa shape index (κ3) is 5.23. The molecule has 0 N–H and O–H groups in total. The van der Waals surface area contributed by atoms with Gasteiger partial charge in [0.2, 0.25) is 0 Å². The number of fused-ring (bicyclic) bond motifs is 1. The number of amides is 1. The topological polar surface area (TPSA) is 76.0 Å². The van der Waals surface area contributed by atoms with Crippen molar-refractivity contribution in [1.29, 1.82) is 0 Å². The molecule has 0 aliphatic carbocycles. The van der Waals surface area contributed by atoms with E-state index in [1.165, 1.54) is 36.4 Å². The lowest BCUT2D eigenvalue weighted by atomic mass is 10.1. The van der Waals surface area contributed by atoms with Crippen LogP contribution in [0.5, 0.6) is 5.75 Å². The number of halogens is 4. The fraction of sp³-hybridized carbons (Fsp3) is 0.300. The van der Waals surface area contributed by atoms with Crippen molar-refractivity contribution in [3.8, 4) is 5.75 Å². The number of hydrogen-bond donors (Lipinski definition) is 0. The van der Waals surface area contributed by atoms with E-state index in [4.69, 9.17) is 0 Å². The average molecular weight is 488 g/mol. The number of hydrogen-bond acceptors (Lipinski definition) is 5. The van der Waals surface area contributed by atoms with Crippen LogP contribution in [0.3, 0.4) is 0 Å². The van der Waals surface area contributed by atoms with Crippen molar-refractivity contribution in [3.63, 3.8) is 0 Å². The van der Waals surface area contributed by atoms with Gasteiger partial charge in [0.15, 0.2) is 15.0 Å². The lowest BCUT2D eigenvalue weighted by Gasteiger charge is -2.24. The number of aliphatic imine (C=N–C) groups is 1. The number of alkyl halides is 3. The first kappa shape index (κ1) is 22.6. The minimum absolute atomic E-state index is 0.0792. The van der Waals surface area contributed by atoms with Crippen LogP contribution in [0.15, 0.2) is 53.5 Å². The quantitative estimate of drug-likeness (QED) is 0.613. The lowest BCUT2D eigenvalue weighted by molar-refractivity contribution is -0.274. The summed E-state index contributed by atoms with van der Waals surface area (Å²) < 4.78 is 78.4. The van der Waals surface area contributed by atoms with Gasteiger partial charge in [-0.3, -0.25) is 4.79 Å². The number of ether oxygens (including phenoxy) is 1. The highest BCUT2D eigenvalue weighted by molar-refractivity contribution is 8.16. The fourth-order valence-electron chi connectivity index (χ4n) is 3.60. The van der Waals surface area contributed by atoms with Crippen molar-refractivity contribution in [2.45, 2.75) is 24.1 Å². The molecule has 170 valence electrons. The number of carbonyl (C=O) groups excluding carboxylic acids is 1. The number of rotatable bonds is 4. The van der Waals surface area contributed by atoms with E-state index >= 15 is 0 Å². The number of carbonyl (C=O) groups is 1. The number of amidine groups is 1. The Bertz CT molecular complexity index is 1150. The zero-order chi connectivity index (χ0) is 23.1. The van der Waals surface area contributed by atoms with Crippen LogP contribution in [0.25, 0.3) is 0 Å². The number of anilines is 1. The van der Waals surface area contributed by atoms with Crippen LogP contribution in [0, 0.1) is 5.82 Å². The highest BCUT2D eigenvalue weighted by Gasteiger charge is 2.49. The smallest absolute Gasteiger partial charge is 0.406 e. The van der Waals surface area contributed by atoms with E-state index in [1.807, 2.05) is 0 Å².